The number of likely N-dealkylation sites (tertiary alicyclic amines) is 1. The Balaban J connectivity index is 1.63. The summed E-state index contributed by atoms with van der Waals surface area (Å²) in [5.41, 5.74) is 10.1. The van der Waals surface area contributed by atoms with Crippen molar-refractivity contribution in [2.75, 3.05) is 25.9 Å². The van der Waals surface area contributed by atoms with Crippen molar-refractivity contribution in [2.24, 2.45) is 7.05 Å². The maximum atomic E-state index is 6.59. The highest BCUT2D eigenvalue weighted by atomic mass is 35.5. The van der Waals surface area contributed by atoms with Gasteiger partial charge >= 0.3 is 0 Å². The maximum Gasteiger partial charge on any atom is 0.156 e. The molecule has 0 unspecified atom stereocenters. The highest BCUT2D eigenvalue weighted by Crippen LogP contribution is 2.38. The second kappa shape index (κ2) is 8.69. The summed E-state index contributed by atoms with van der Waals surface area (Å²) in [5.74, 6) is 0.437. The van der Waals surface area contributed by atoms with E-state index in [9.17, 15) is 0 Å². The van der Waals surface area contributed by atoms with Crippen molar-refractivity contribution in [1.82, 2.24) is 29.6 Å². The zero-order valence-electron chi connectivity index (χ0n) is 18.0. The van der Waals surface area contributed by atoms with Crippen LogP contribution < -0.4 is 5.73 Å². The van der Waals surface area contributed by atoms with Crippen LogP contribution in [0.5, 0.6) is 0 Å². The number of hydrogen-bond acceptors (Lipinski definition) is 7. The average molecular weight is 466 g/mol. The molecule has 5 rings (SSSR count). The van der Waals surface area contributed by atoms with E-state index in [0.717, 1.165) is 58.8 Å². The number of nitrogens with two attached hydrogens (primary N) is 1. The second-order valence-corrected chi connectivity index (χ2v) is 9.84. The normalized spacial score (nSPS) is 15.5. The summed E-state index contributed by atoms with van der Waals surface area (Å²) < 4.78 is 1.75. The lowest BCUT2D eigenvalue weighted by atomic mass is 10.0. The molecule has 4 heterocycles. The van der Waals surface area contributed by atoms with Crippen LogP contribution in [0.1, 0.15) is 12.8 Å². The number of thioether (sulfide) groups is 1. The van der Waals surface area contributed by atoms with Crippen molar-refractivity contribution in [3.63, 3.8) is 0 Å². The number of halogens is 1. The molecule has 0 amide bonds. The highest BCUT2D eigenvalue weighted by Gasteiger charge is 2.23. The summed E-state index contributed by atoms with van der Waals surface area (Å²) in [4.78, 5) is 16.6. The molecular formula is C23H24ClN7S. The van der Waals surface area contributed by atoms with E-state index in [1.54, 1.807) is 22.6 Å². The number of piperidine rings is 1. The third kappa shape index (κ3) is 4.18. The van der Waals surface area contributed by atoms with Crippen LogP contribution in [0.15, 0.2) is 47.8 Å². The van der Waals surface area contributed by atoms with E-state index in [0.29, 0.717) is 21.8 Å². The zero-order valence-corrected chi connectivity index (χ0v) is 19.6. The molecule has 7 nitrogen and oxygen atoms in total. The molecule has 3 aromatic heterocycles. The van der Waals surface area contributed by atoms with Gasteiger partial charge in [-0.25, -0.2) is 9.97 Å². The lowest BCUT2D eigenvalue weighted by Crippen LogP contribution is -2.31. The number of pyridine rings is 1. The van der Waals surface area contributed by atoms with Crippen molar-refractivity contribution < 1.29 is 0 Å². The summed E-state index contributed by atoms with van der Waals surface area (Å²) in [6.07, 6.45) is 5.84. The van der Waals surface area contributed by atoms with Gasteiger partial charge in [0.15, 0.2) is 5.82 Å². The monoisotopic (exact) mass is 465 g/mol. The molecule has 32 heavy (non-hydrogen) atoms. The number of benzene rings is 1. The van der Waals surface area contributed by atoms with E-state index >= 15 is 0 Å². The number of aryl methyl sites for hydroxylation is 1. The Bertz CT molecular complexity index is 1280. The van der Waals surface area contributed by atoms with E-state index in [-0.39, 0.29) is 0 Å². The predicted octanol–water partition coefficient (Wildman–Crippen LogP) is 4.51. The molecule has 2 N–H and O–H groups in total. The Morgan fingerprint density at radius 1 is 1.09 bits per heavy atom. The molecule has 0 saturated carbocycles. The van der Waals surface area contributed by atoms with Crippen molar-refractivity contribution >= 4 is 40.1 Å². The van der Waals surface area contributed by atoms with Gasteiger partial charge in [0.2, 0.25) is 0 Å². The number of rotatable bonds is 4. The fourth-order valence-corrected chi connectivity index (χ4v) is 5.33. The third-order valence-corrected chi connectivity index (χ3v) is 7.34. The van der Waals surface area contributed by atoms with Crippen LogP contribution in [0.3, 0.4) is 0 Å². The van der Waals surface area contributed by atoms with Gasteiger partial charge in [0.1, 0.15) is 16.4 Å². The molecule has 1 saturated heterocycles. The lowest BCUT2D eigenvalue weighted by molar-refractivity contribution is 0.282. The van der Waals surface area contributed by atoms with Crippen LogP contribution in [0.2, 0.25) is 5.02 Å². The molecule has 1 fully saturated rings. The van der Waals surface area contributed by atoms with Gasteiger partial charge in [-0.1, -0.05) is 29.4 Å². The summed E-state index contributed by atoms with van der Waals surface area (Å²) in [7, 11) is 4.04. The third-order valence-electron chi connectivity index (χ3n) is 5.72. The summed E-state index contributed by atoms with van der Waals surface area (Å²) >= 11 is 8.31. The first-order valence-electron chi connectivity index (χ1n) is 10.6. The van der Waals surface area contributed by atoms with Crippen LogP contribution in [0.25, 0.3) is 33.5 Å². The molecule has 1 aliphatic heterocycles. The van der Waals surface area contributed by atoms with Crippen LogP contribution in [0, 0.1) is 0 Å². The quantitative estimate of drug-likeness (QED) is 0.474. The van der Waals surface area contributed by atoms with Gasteiger partial charge in [0.05, 0.1) is 16.2 Å². The first kappa shape index (κ1) is 21.2. The van der Waals surface area contributed by atoms with Crippen LogP contribution in [0.4, 0.5) is 5.82 Å². The molecule has 0 aliphatic carbocycles. The largest absolute Gasteiger partial charge is 0.381 e. The molecule has 0 radical (unpaired) electrons. The smallest absolute Gasteiger partial charge is 0.156 e. The molecule has 0 atom stereocenters. The fourth-order valence-electron chi connectivity index (χ4n) is 3.99. The number of fused-ring (bicyclic) bond motifs is 1. The predicted molar refractivity (Wildman–Crippen MR) is 131 cm³/mol. The van der Waals surface area contributed by atoms with E-state index in [4.69, 9.17) is 27.3 Å². The minimum atomic E-state index is 0.437. The van der Waals surface area contributed by atoms with Gasteiger partial charge in [-0.3, -0.25) is 9.67 Å². The highest BCUT2D eigenvalue weighted by molar-refractivity contribution is 8.00. The topological polar surface area (TPSA) is 85.8 Å². The average Bonchev–Trinajstić information content (AvgIpc) is 3.22. The molecular weight excluding hydrogens is 442 g/mol. The Labute approximate surface area is 196 Å². The van der Waals surface area contributed by atoms with E-state index < -0.39 is 0 Å². The Kier molecular flexibility index (Phi) is 5.75. The van der Waals surface area contributed by atoms with Gasteiger partial charge in [0.25, 0.3) is 0 Å². The standard InChI is InChI=1S/C23H24ClN7S/c1-30-9-5-16(6-10-30)32-23-22(25)27-21(18-7-11-31(2)29-18)20(28-23)15-12-14-4-3-8-26-19(14)17(24)13-15/h3-4,7-8,11-13,16H,5-6,9-10H2,1-2H3,(H2,25,27). The Hall–Kier alpha value is -2.68. The second-order valence-electron chi connectivity index (χ2n) is 8.14. The SMILES string of the molecule is CN1CCC(Sc2nc(-c3cc(Cl)c4ncccc4c3)c(-c3ccn(C)n3)nc2N)CC1. The van der Waals surface area contributed by atoms with Crippen molar-refractivity contribution in [2.45, 2.75) is 23.1 Å². The number of hydrogen-bond donors (Lipinski definition) is 1. The van der Waals surface area contributed by atoms with Crippen molar-refractivity contribution in [1.29, 1.82) is 0 Å². The first-order valence-corrected chi connectivity index (χ1v) is 11.8. The minimum Gasteiger partial charge on any atom is -0.381 e. The minimum absolute atomic E-state index is 0.437. The molecule has 0 spiro atoms. The fraction of sp³-hybridized carbons (Fsp3) is 0.304. The lowest BCUT2D eigenvalue weighted by Gasteiger charge is -2.28. The Morgan fingerprint density at radius 2 is 1.91 bits per heavy atom. The summed E-state index contributed by atoms with van der Waals surface area (Å²) in [6.45, 7) is 2.16. The molecule has 1 aliphatic rings. The van der Waals surface area contributed by atoms with Gasteiger partial charge in [-0.05, 0) is 57.2 Å². The number of anilines is 1. The number of aromatic nitrogens is 5. The molecule has 9 heteroatoms. The van der Waals surface area contributed by atoms with Gasteiger partial charge in [-0.2, -0.15) is 5.10 Å². The summed E-state index contributed by atoms with van der Waals surface area (Å²) in [5, 5.41) is 7.31. The number of nitrogens with zero attached hydrogens (tertiary/aromatic N) is 6. The molecule has 0 bridgehead atoms. The van der Waals surface area contributed by atoms with Crippen LogP contribution in [-0.4, -0.2) is 55.0 Å². The van der Waals surface area contributed by atoms with Crippen molar-refractivity contribution in [3.05, 3.63) is 47.7 Å². The maximum absolute atomic E-state index is 6.59. The zero-order chi connectivity index (χ0) is 22.2. The van der Waals surface area contributed by atoms with E-state index in [2.05, 4.69) is 22.0 Å². The van der Waals surface area contributed by atoms with Crippen molar-refractivity contribution in [3.8, 4) is 22.6 Å². The van der Waals surface area contributed by atoms with E-state index in [1.807, 2.05) is 43.6 Å². The molecule has 4 aromatic rings. The first-order chi connectivity index (χ1) is 15.5. The van der Waals surface area contributed by atoms with Gasteiger partial charge in [-0.15, -0.1) is 0 Å². The molecule has 1 aromatic carbocycles. The van der Waals surface area contributed by atoms with E-state index in [1.165, 1.54) is 0 Å². The van der Waals surface area contributed by atoms with Gasteiger partial charge < -0.3 is 10.6 Å². The molecule has 164 valence electrons. The van der Waals surface area contributed by atoms with Crippen LogP contribution in [-0.2, 0) is 7.05 Å². The number of nitrogen functional groups attached to an aromatic ring is 1. The van der Waals surface area contributed by atoms with Crippen LogP contribution >= 0.6 is 23.4 Å². The summed E-state index contributed by atoms with van der Waals surface area (Å²) in [6, 6.07) is 9.76. The van der Waals surface area contributed by atoms with Gasteiger partial charge in [0, 0.05) is 35.6 Å². The Morgan fingerprint density at radius 3 is 2.66 bits per heavy atom.